The van der Waals surface area contributed by atoms with Crippen LogP contribution >= 0.6 is 0 Å². The molecule has 1 aromatic heterocycles. The van der Waals surface area contributed by atoms with E-state index in [4.69, 9.17) is 5.11 Å². The summed E-state index contributed by atoms with van der Waals surface area (Å²) in [7, 11) is 0. The van der Waals surface area contributed by atoms with Gasteiger partial charge in [0.1, 0.15) is 5.82 Å². The fraction of sp³-hybridized carbons (Fsp3) is 0.636. The number of aliphatic hydroxyl groups excluding tert-OH is 1. The monoisotopic (exact) mass is 207 g/mol. The zero-order valence-corrected chi connectivity index (χ0v) is 9.22. The lowest BCUT2D eigenvalue weighted by atomic mass is 10.0. The summed E-state index contributed by atoms with van der Waals surface area (Å²) in [5.41, 5.74) is 0.639. The number of aliphatic hydroxyl groups is 1. The van der Waals surface area contributed by atoms with Crippen LogP contribution < -0.4 is 4.90 Å². The molecule has 2 heterocycles. The van der Waals surface area contributed by atoms with E-state index < -0.39 is 0 Å². The molecule has 0 amide bonds. The maximum absolute atomic E-state index is 8.99. The Bertz CT molecular complexity index is 332. The van der Waals surface area contributed by atoms with E-state index in [1.807, 2.05) is 0 Å². The molecule has 2 unspecified atom stereocenters. The molecule has 1 saturated heterocycles. The molecule has 1 aromatic rings. The molecule has 1 aliphatic rings. The van der Waals surface area contributed by atoms with Crippen molar-refractivity contribution in [3.63, 3.8) is 0 Å². The van der Waals surface area contributed by atoms with Crippen LogP contribution in [-0.4, -0.2) is 28.2 Å². The Balaban J connectivity index is 2.16. The van der Waals surface area contributed by atoms with Gasteiger partial charge in [-0.25, -0.2) is 4.98 Å². The van der Waals surface area contributed by atoms with Crippen LogP contribution in [0.1, 0.15) is 19.5 Å². The summed E-state index contributed by atoms with van der Waals surface area (Å²) in [6.45, 7) is 6.54. The molecule has 1 N–H and O–H groups in total. The predicted octanol–water partition coefficient (Wildman–Crippen LogP) is 1.06. The molecule has 15 heavy (non-hydrogen) atoms. The third-order valence-electron chi connectivity index (χ3n) is 3.15. The molecule has 0 bridgehead atoms. The quantitative estimate of drug-likeness (QED) is 0.788. The van der Waals surface area contributed by atoms with Crippen molar-refractivity contribution in [3.05, 3.63) is 18.1 Å². The predicted molar refractivity (Wildman–Crippen MR) is 58.5 cm³/mol. The highest BCUT2D eigenvalue weighted by Crippen LogP contribution is 2.25. The summed E-state index contributed by atoms with van der Waals surface area (Å²) < 4.78 is 0. The zero-order chi connectivity index (χ0) is 10.8. The Labute approximate surface area is 90.0 Å². The lowest BCUT2D eigenvalue weighted by Gasteiger charge is -2.16. The van der Waals surface area contributed by atoms with E-state index >= 15 is 0 Å². The van der Waals surface area contributed by atoms with Crippen LogP contribution in [0.4, 0.5) is 5.82 Å². The van der Waals surface area contributed by atoms with E-state index in [0.717, 1.165) is 18.9 Å². The summed E-state index contributed by atoms with van der Waals surface area (Å²) in [5.74, 6) is 2.28. The second-order valence-corrected chi connectivity index (χ2v) is 4.39. The highest BCUT2D eigenvalue weighted by molar-refractivity contribution is 5.38. The van der Waals surface area contributed by atoms with E-state index in [9.17, 15) is 0 Å². The van der Waals surface area contributed by atoms with Gasteiger partial charge in [0.2, 0.25) is 0 Å². The summed E-state index contributed by atoms with van der Waals surface area (Å²) in [5, 5.41) is 8.99. The van der Waals surface area contributed by atoms with E-state index in [2.05, 4.69) is 28.7 Å². The molecular formula is C11H17N3O. The number of hydrogen-bond donors (Lipinski definition) is 1. The summed E-state index contributed by atoms with van der Waals surface area (Å²) in [6, 6.07) is 0. The van der Waals surface area contributed by atoms with E-state index in [-0.39, 0.29) is 6.61 Å². The van der Waals surface area contributed by atoms with E-state index in [1.54, 1.807) is 12.4 Å². The van der Waals surface area contributed by atoms with Crippen molar-refractivity contribution in [1.82, 2.24) is 9.97 Å². The first-order valence-corrected chi connectivity index (χ1v) is 5.37. The standard InChI is InChI=1S/C11H17N3O/c1-8-5-14(6-9(8)2)11-4-12-3-10(7-15)13-11/h3-4,8-9,15H,5-7H2,1-2H3. The van der Waals surface area contributed by atoms with Crippen LogP contribution in [0.25, 0.3) is 0 Å². The van der Waals surface area contributed by atoms with E-state index in [1.165, 1.54) is 0 Å². The Morgan fingerprint density at radius 3 is 2.60 bits per heavy atom. The van der Waals surface area contributed by atoms with Crippen molar-refractivity contribution in [2.45, 2.75) is 20.5 Å². The van der Waals surface area contributed by atoms with Gasteiger partial charge in [-0.15, -0.1) is 0 Å². The fourth-order valence-electron chi connectivity index (χ4n) is 1.94. The third kappa shape index (κ3) is 2.09. The van der Waals surface area contributed by atoms with Crippen LogP contribution in [0, 0.1) is 11.8 Å². The first kappa shape index (κ1) is 10.4. The fourth-order valence-corrected chi connectivity index (χ4v) is 1.94. The van der Waals surface area contributed by atoms with Crippen molar-refractivity contribution < 1.29 is 5.11 Å². The Hall–Kier alpha value is -1.16. The molecule has 0 aromatic carbocycles. The lowest BCUT2D eigenvalue weighted by Crippen LogP contribution is -2.21. The van der Waals surface area contributed by atoms with Gasteiger partial charge in [-0.1, -0.05) is 13.8 Å². The average molecular weight is 207 g/mol. The number of nitrogens with zero attached hydrogens (tertiary/aromatic N) is 3. The van der Waals surface area contributed by atoms with Crippen LogP contribution in [0.2, 0.25) is 0 Å². The highest BCUT2D eigenvalue weighted by Gasteiger charge is 2.26. The minimum Gasteiger partial charge on any atom is -0.390 e. The Kier molecular flexibility index (Phi) is 2.86. The van der Waals surface area contributed by atoms with Gasteiger partial charge in [-0.05, 0) is 11.8 Å². The van der Waals surface area contributed by atoms with Crippen LogP contribution in [0.5, 0.6) is 0 Å². The molecule has 1 aliphatic heterocycles. The average Bonchev–Trinajstić information content (AvgIpc) is 2.59. The minimum absolute atomic E-state index is 0.0419. The first-order valence-electron chi connectivity index (χ1n) is 5.37. The van der Waals surface area contributed by atoms with Crippen LogP contribution in [0.15, 0.2) is 12.4 Å². The smallest absolute Gasteiger partial charge is 0.147 e. The first-order chi connectivity index (χ1) is 7.20. The third-order valence-corrected chi connectivity index (χ3v) is 3.15. The zero-order valence-electron chi connectivity index (χ0n) is 9.22. The van der Waals surface area contributed by atoms with Crippen molar-refractivity contribution >= 4 is 5.82 Å². The van der Waals surface area contributed by atoms with Crippen molar-refractivity contribution in [2.75, 3.05) is 18.0 Å². The summed E-state index contributed by atoms with van der Waals surface area (Å²) in [4.78, 5) is 10.7. The van der Waals surface area contributed by atoms with Crippen LogP contribution in [-0.2, 0) is 6.61 Å². The number of hydrogen-bond acceptors (Lipinski definition) is 4. The van der Waals surface area contributed by atoms with Gasteiger partial charge in [-0.2, -0.15) is 0 Å². The molecule has 0 spiro atoms. The summed E-state index contributed by atoms with van der Waals surface area (Å²) in [6.07, 6.45) is 3.37. The second kappa shape index (κ2) is 4.14. The second-order valence-electron chi connectivity index (χ2n) is 4.39. The molecule has 2 atom stereocenters. The topological polar surface area (TPSA) is 49.2 Å². The number of aromatic nitrogens is 2. The highest BCUT2D eigenvalue weighted by atomic mass is 16.3. The van der Waals surface area contributed by atoms with Gasteiger partial charge in [0.15, 0.2) is 0 Å². The number of anilines is 1. The summed E-state index contributed by atoms with van der Waals surface area (Å²) >= 11 is 0. The largest absolute Gasteiger partial charge is 0.390 e. The maximum atomic E-state index is 8.99. The van der Waals surface area contributed by atoms with Gasteiger partial charge in [-0.3, -0.25) is 4.98 Å². The Morgan fingerprint density at radius 1 is 1.33 bits per heavy atom. The molecule has 0 radical (unpaired) electrons. The van der Waals surface area contributed by atoms with Gasteiger partial charge in [0.25, 0.3) is 0 Å². The van der Waals surface area contributed by atoms with Crippen LogP contribution in [0.3, 0.4) is 0 Å². The molecule has 2 rings (SSSR count). The van der Waals surface area contributed by atoms with Crippen molar-refractivity contribution in [2.24, 2.45) is 11.8 Å². The molecule has 0 saturated carbocycles. The lowest BCUT2D eigenvalue weighted by molar-refractivity contribution is 0.276. The number of rotatable bonds is 2. The maximum Gasteiger partial charge on any atom is 0.147 e. The Morgan fingerprint density at radius 2 is 2.00 bits per heavy atom. The van der Waals surface area contributed by atoms with Gasteiger partial charge < -0.3 is 10.0 Å². The van der Waals surface area contributed by atoms with Gasteiger partial charge in [0, 0.05) is 13.1 Å². The van der Waals surface area contributed by atoms with Gasteiger partial charge in [0.05, 0.1) is 24.7 Å². The normalized spacial score (nSPS) is 25.9. The molecule has 82 valence electrons. The minimum atomic E-state index is -0.0419. The molecule has 4 nitrogen and oxygen atoms in total. The molecular weight excluding hydrogens is 190 g/mol. The molecule has 1 fully saturated rings. The molecule has 4 heteroatoms. The van der Waals surface area contributed by atoms with Gasteiger partial charge >= 0.3 is 0 Å². The van der Waals surface area contributed by atoms with Crippen molar-refractivity contribution in [3.8, 4) is 0 Å². The van der Waals surface area contributed by atoms with E-state index in [0.29, 0.717) is 17.5 Å². The van der Waals surface area contributed by atoms with Crippen molar-refractivity contribution in [1.29, 1.82) is 0 Å². The molecule has 0 aliphatic carbocycles. The SMILES string of the molecule is CC1CN(c2cncc(CO)n2)CC1C.